The average molecular weight is 265 g/mol. The van der Waals surface area contributed by atoms with E-state index in [1.807, 2.05) is 20.8 Å². The van der Waals surface area contributed by atoms with Gasteiger partial charge in [-0.1, -0.05) is 6.92 Å². The molecule has 2 N–H and O–H groups in total. The number of aliphatic hydroxyl groups excluding tert-OH is 1. The number of rotatable bonds is 5. The molecule has 0 saturated heterocycles. The third-order valence-corrected chi connectivity index (χ3v) is 3.34. The van der Waals surface area contributed by atoms with Gasteiger partial charge >= 0.3 is 0 Å². The minimum atomic E-state index is -0.591. The summed E-state index contributed by atoms with van der Waals surface area (Å²) in [5.41, 5.74) is 0.859. The number of amides is 1. The first-order chi connectivity index (χ1) is 8.85. The Morgan fingerprint density at radius 3 is 2.58 bits per heavy atom. The van der Waals surface area contributed by atoms with E-state index in [0.29, 0.717) is 11.4 Å². The molecule has 0 saturated carbocycles. The minimum Gasteiger partial charge on any atom is -0.394 e. The standard InChI is InChI=1S/C14H23N3O2/c1-6-11-7-10(8-12(15-4)16-11)13(19)17(5)14(2,3)9-18/h7-8,18H,6,9H2,1-5H3,(H,15,16). The number of carbonyl (C=O) groups is 1. The highest BCUT2D eigenvalue weighted by Crippen LogP contribution is 2.18. The molecule has 0 unspecified atom stereocenters. The van der Waals surface area contributed by atoms with E-state index in [9.17, 15) is 9.90 Å². The first-order valence-electron chi connectivity index (χ1n) is 6.43. The SMILES string of the molecule is CCc1cc(C(=O)N(C)C(C)(C)CO)cc(NC)n1. The van der Waals surface area contributed by atoms with E-state index in [2.05, 4.69) is 10.3 Å². The molecule has 0 bridgehead atoms. The van der Waals surface area contributed by atoms with Crippen molar-refractivity contribution in [3.8, 4) is 0 Å². The lowest BCUT2D eigenvalue weighted by atomic mass is 10.0. The lowest BCUT2D eigenvalue weighted by Gasteiger charge is -2.34. The molecule has 1 heterocycles. The van der Waals surface area contributed by atoms with E-state index in [1.165, 1.54) is 0 Å². The maximum absolute atomic E-state index is 12.4. The number of aliphatic hydroxyl groups is 1. The van der Waals surface area contributed by atoms with Crippen molar-refractivity contribution in [3.63, 3.8) is 0 Å². The van der Waals surface area contributed by atoms with Gasteiger partial charge < -0.3 is 15.3 Å². The molecule has 5 nitrogen and oxygen atoms in total. The first kappa shape index (κ1) is 15.4. The highest BCUT2D eigenvalue weighted by atomic mass is 16.3. The van der Waals surface area contributed by atoms with Crippen LogP contribution in [0.4, 0.5) is 5.82 Å². The Kier molecular flexibility index (Phi) is 4.89. The molecule has 0 spiro atoms. The van der Waals surface area contributed by atoms with Crippen LogP contribution in [0.15, 0.2) is 12.1 Å². The summed E-state index contributed by atoms with van der Waals surface area (Å²) in [4.78, 5) is 18.4. The molecule has 0 atom stereocenters. The van der Waals surface area contributed by atoms with Crippen molar-refractivity contribution in [3.05, 3.63) is 23.4 Å². The Bertz CT molecular complexity index is 436. The number of aryl methyl sites for hydroxylation is 1. The average Bonchev–Trinajstić information content (AvgIpc) is 2.44. The second-order valence-electron chi connectivity index (χ2n) is 5.17. The molecule has 1 rings (SSSR count). The van der Waals surface area contributed by atoms with Crippen LogP contribution in [-0.2, 0) is 6.42 Å². The normalized spacial score (nSPS) is 11.3. The molecule has 19 heavy (non-hydrogen) atoms. The summed E-state index contributed by atoms with van der Waals surface area (Å²) in [5, 5.41) is 12.3. The van der Waals surface area contributed by atoms with Crippen LogP contribution in [0.2, 0.25) is 0 Å². The fourth-order valence-electron chi connectivity index (χ4n) is 1.59. The molecule has 0 aromatic carbocycles. The van der Waals surface area contributed by atoms with Gasteiger partial charge in [-0.3, -0.25) is 4.79 Å². The number of nitrogens with one attached hydrogen (secondary N) is 1. The van der Waals surface area contributed by atoms with Crippen LogP contribution in [0.1, 0.15) is 36.8 Å². The smallest absolute Gasteiger partial charge is 0.254 e. The van der Waals surface area contributed by atoms with E-state index in [0.717, 1.165) is 12.1 Å². The summed E-state index contributed by atoms with van der Waals surface area (Å²) in [6.45, 7) is 5.56. The third-order valence-electron chi connectivity index (χ3n) is 3.34. The largest absolute Gasteiger partial charge is 0.394 e. The quantitative estimate of drug-likeness (QED) is 0.847. The van der Waals surface area contributed by atoms with Crippen LogP contribution in [0.5, 0.6) is 0 Å². The number of hydrogen-bond donors (Lipinski definition) is 2. The molecule has 1 aromatic heterocycles. The summed E-state index contributed by atoms with van der Waals surface area (Å²) in [6, 6.07) is 3.53. The predicted molar refractivity (Wildman–Crippen MR) is 76.4 cm³/mol. The Labute approximate surface area is 114 Å². The molecule has 0 aliphatic rings. The first-order valence-corrected chi connectivity index (χ1v) is 6.43. The molecular weight excluding hydrogens is 242 g/mol. The molecular formula is C14H23N3O2. The van der Waals surface area contributed by atoms with Gasteiger partial charge in [0.05, 0.1) is 12.1 Å². The van der Waals surface area contributed by atoms with Crippen molar-refractivity contribution >= 4 is 11.7 Å². The van der Waals surface area contributed by atoms with Crippen molar-refractivity contribution in [1.29, 1.82) is 0 Å². The summed E-state index contributed by atoms with van der Waals surface area (Å²) in [7, 11) is 3.47. The van der Waals surface area contributed by atoms with Crippen LogP contribution in [-0.4, -0.2) is 47.1 Å². The number of hydrogen-bond acceptors (Lipinski definition) is 4. The zero-order valence-corrected chi connectivity index (χ0v) is 12.3. The second kappa shape index (κ2) is 6.02. The Morgan fingerprint density at radius 2 is 2.11 bits per heavy atom. The summed E-state index contributed by atoms with van der Waals surface area (Å²) in [5.74, 6) is 0.561. The van der Waals surface area contributed by atoms with Crippen LogP contribution in [0.25, 0.3) is 0 Å². The molecule has 0 radical (unpaired) electrons. The van der Waals surface area contributed by atoms with Crippen molar-refractivity contribution in [2.75, 3.05) is 26.0 Å². The van der Waals surface area contributed by atoms with Gasteiger partial charge in [0.25, 0.3) is 5.91 Å². The number of carbonyl (C=O) groups excluding carboxylic acids is 1. The summed E-state index contributed by atoms with van der Waals surface area (Å²) < 4.78 is 0. The lowest BCUT2D eigenvalue weighted by Crippen LogP contribution is -2.47. The highest BCUT2D eigenvalue weighted by Gasteiger charge is 2.27. The molecule has 1 amide bonds. The van der Waals surface area contributed by atoms with Crippen molar-refractivity contribution < 1.29 is 9.90 Å². The fourth-order valence-corrected chi connectivity index (χ4v) is 1.59. The topological polar surface area (TPSA) is 65.5 Å². The van der Waals surface area contributed by atoms with Crippen molar-refractivity contribution in [2.24, 2.45) is 0 Å². The number of pyridine rings is 1. The second-order valence-corrected chi connectivity index (χ2v) is 5.17. The lowest BCUT2D eigenvalue weighted by molar-refractivity contribution is 0.0473. The molecule has 1 aromatic rings. The Hall–Kier alpha value is -1.62. The maximum atomic E-state index is 12.4. The Morgan fingerprint density at radius 1 is 1.47 bits per heavy atom. The van der Waals surface area contributed by atoms with E-state index >= 15 is 0 Å². The van der Waals surface area contributed by atoms with Gasteiger partial charge in [0.15, 0.2) is 0 Å². The zero-order chi connectivity index (χ0) is 14.6. The summed E-state index contributed by atoms with van der Waals surface area (Å²) in [6.07, 6.45) is 0.767. The maximum Gasteiger partial charge on any atom is 0.254 e. The van der Waals surface area contributed by atoms with E-state index in [4.69, 9.17) is 0 Å². The molecule has 0 fully saturated rings. The van der Waals surface area contributed by atoms with E-state index in [1.54, 1.807) is 31.1 Å². The fraction of sp³-hybridized carbons (Fsp3) is 0.571. The van der Waals surface area contributed by atoms with Gasteiger partial charge in [-0.25, -0.2) is 4.98 Å². The summed E-state index contributed by atoms with van der Waals surface area (Å²) >= 11 is 0. The predicted octanol–water partition coefficient (Wildman–Crippen LogP) is 1.53. The van der Waals surface area contributed by atoms with Gasteiger partial charge in [0, 0.05) is 25.4 Å². The van der Waals surface area contributed by atoms with Crippen molar-refractivity contribution in [1.82, 2.24) is 9.88 Å². The van der Waals surface area contributed by atoms with Gasteiger partial charge in [0.1, 0.15) is 5.82 Å². The van der Waals surface area contributed by atoms with Crippen LogP contribution in [0, 0.1) is 0 Å². The number of aromatic nitrogens is 1. The molecule has 5 heteroatoms. The highest BCUT2D eigenvalue weighted by molar-refractivity contribution is 5.95. The van der Waals surface area contributed by atoms with Crippen LogP contribution >= 0.6 is 0 Å². The Balaban J connectivity index is 3.12. The number of anilines is 1. The third kappa shape index (κ3) is 3.44. The van der Waals surface area contributed by atoms with Gasteiger partial charge in [-0.05, 0) is 32.4 Å². The molecule has 106 valence electrons. The van der Waals surface area contributed by atoms with Gasteiger partial charge in [-0.2, -0.15) is 0 Å². The zero-order valence-electron chi connectivity index (χ0n) is 12.3. The van der Waals surface area contributed by atoms with Gasteiger partial charge in [0.2, 0.25) is 0 Å². The van der Waals surface area contributed by atoms with E-state index in [-0.39, 0.29) is 12.5 Å². The van der Waals surface area contributed by atoms with Crippen LogP contribution < -0.4 is 5.32 Å². The van der Waals surface area contributed by atoms with E-state index < -0.39 is 5.54 Å². The molecule has 0 aliphatic carbocycles. The van der Waals surface area contributed by atoms with Crippen LogP contribution in [0.3, 0.4) is 0 Å². The monoisotopic (exact) mass is 265 g/mol. The number of nitrogens with zero attached hydrogens (tertiary/aromatic N) is 2. The van der Waals surface area contributed by atoms with Crippen molar-refractivity contribution in [2.45, 2.75) is 32.7 Å². The molecule has 0 aliphatic heterocycles. The van der Waals surface area contributed by atoms with Gasteiger partial charge in [-0.15, -0.1) is 0 Å². The number of likely N-dealkylation sites (N-methyl/N-ethyl adjacent to an activating group) is 1. The minimum absolute atomic E-state index is 0.0835.